The molecule has 108 valence electrons. The molecule has 1 amide bonds. The van der Waals surface area contributed by atoms with Crippen LogP contribution in [0.5, 0.6) is 0 Å². The molecule has 0 radical (unpaired) electrons. The van der Waals surface area contributed by atoms with Crippen molar-refractivity contribution in [1.29, 1.82) is 0 Å². The van der Waals surface area contributed by atoms with E-state index >= 15 is 0 Å². The van der Waals surface area contributed by atoms with E-state index in [4.69, 9.17) is 5.73 Å². The normalized spacial score (nSPS) is 21.4. The summed E-state index contributed by atoms with van der Waals surface area (Å²) in [6.07, 6.45) is 3.47. The molecule has 2 N–H and O–H groups in total. The number of Topliss-reactive ketones (excluding diaryl/α,β-unsaturated/α-hetero) is 1. The Morgan fingerprint density at radius 3 is 2.60 bits per heavy atom. The van der Waals surface area contributed by atoms with Gasteiger partial charge in [0.15, 0.2) is 5.78 Å². The molecule has 20 heavy (non-hydrogen) atoms. The highest BCUT2D eigenvalue weighted by atomic mass is 16.1. The summed E-state index contributed by atoms with van der Waals surface area (Å²) in [5.74, 6) is -0.231. The molecule has 0 bridgehead atoms. The summed E-state index contributed by atoms with van der Waals surface area (Å²) in [7, 11) is 0. The Bertz CT molecular complexity index is 473. The lowest BCUT2D eigenvalue weighted by atomic mass is 9.94. The number of primary amides is 1. The molecule has 0 saturated carbocycles. The number of nitrogens with two attached hydrogens (primary N) is 1. The molecule has 4 heteroatoms. The maximum atomic E-state index is 12.6. The number of carbonyl (C=O) groups is 2. The van der Waals surface area contributed by atoms with Gasteiger partial charge in [-0.3, -0.25) is 14.5 Å². The molecule has 1 saturated heterocycles. The second kappa shape index (κ2) is 6.66. The third-order valence-electron chi connectivity index (χ3n) is 4.02. The first kappa shape index (κ1) is 14.7. The number of hydrogen-bond acceptors (Lipinski definition) is 3. The summed E-state index contributed by atoms with van der Waals surface area (Å²) in [6.45, 7) is 2.75. The molecule has 2 rings (SSSR count). The van der Waals surface area contributed by atoms with Crippen LogP contribution < -0.4 is 5.73 Å². The lowest BCUT2D eigenvalue weighted by molar-refractivity contribution is -0.125. The molecule has 0 aromatic heterocycles. The molecule has 1 aliphatic rings. The number of likely N-dealkylation sites (tertiary alicyclic amines) is 1. The maximum absolute atomic E-state index is 12.6. The van der Waals surface area contributed by atoms with Gasteiger partial charge in [0.25, 0.3) is 0 Å². The topological polar surface area (TPSA) is 63.4 Å². The molecule has 1 aromatic carbocycles. The monoisotopic (exact) mass is 274 g/mol. The molecule has 1 aromatic rings. The number of piperidine rings is 1. The van der Waals surface area contributed by atoms with Crippen LogP contribution in [0.15, 0.2) is 30.3 Å². The quantitative estimate of drug-likeness (QED) is 0.835. The van der Waals surface area contributed by atoms with Gasteiger partial charge >= 0.3 is 0 Å². The highest BCUT2D eigenvalue weighted by Gasteiger charge is 2.35. The van der Waals surface area contributed by atoms with E-state index in [2.05, 4.69) is 0 Å². The SMILES string of the molecule is CCC(C(=O)c1ccccc1)N1CCCCC1C(N)=O. The Morgan fingerprint density at radius 2 is 2.00 bits per heavy atom. The zero-order valence-corrected chi connectivity index (χ0v) is 11.9. The molecule has 2 unspecified atom stereocenters. The summed E-state index contributed by atoms with van der Waals surface area (Å²) < 4.78 is 0. The average Bonchev–Trinajstić information content (AvgIpc) is 2.49. The van der Waals surface area contributed by atoms with Crippen molar-refractivity contribution in [2.24, 2.45) is 5.73 Å². The van der Waals surface area contributed by atoms with Gasteiger partial charge in [0.1, 0.15) is 0 Å². The highest BCUT2D eigenvalue weighted by molar-refractivity contribution is 6.00. The second-order valence-corrected chi connectivity index (χ2v) is 5.31. The van der Waals surface area contributed by atoms with Gasteiger partial charge in [-0.15, -0.1) is 0 Å². The van der Waals surface area contributed by atoms with Gasteiger partial charge in [0.05, 0.1) is 12.1 Å². The molecular weight excluding hydrogens is 252 g/mol. The van der Waals surface area contributed by atoms with Crippen molar-refractivity contribution in [2.75, 3.05) is 6.54 Å². The predicted octanol–water partition coefficient (Wildman–Crippen LogP) is 1.99. The fourth-order valence-electron chi connectivity index (χ4n) is 3.00. The number of amides is 1. The number of hydrogen-bond donors (Lipinski definition) is 1. The van der Waals surface area contributed by atoms with Gasteiger partial charge in [0, 0.05) is 5.56 Å². The van der Waals surface area contributed by atoms with Crippen LogP contribution in [0, 0.1) is 0 Å². The van der Waals surface area contributed by atoms with E-state index in [1.165, 1.54) is 0 Å². The maximum Gasteiger partial charge on any atom is 0.234 e. The Labute approximate surface area is 119 Å². The zero-order valence-electron chi connectivity index (χ0n) is 11.9. The predicted molar refractivity (Wildman–Crippen MR) is 78.4 cm³/mol. The Kier molecular flexibility index (Phi) is 4.90. The molecule has 1 aliphatic heterocycles. The van der Waals surface area contributed by atoms with Crippen molar-refractivity contribution in [2.45, 2.75) is 44.7 Å². The van der Waals surface area contributed by atoms with Crippen LogP contribution in [0.4, 0.5) is 0 Å². The minimum Gasteiger partial charge on any atom is -0.368 e. The fourth-order valence-corrected chi connectivity index (χ4v) is 3.00. The van der Waals surface area contributed by atoms with Gasteiger partial charge in [-0.1, -0.05) is 43.7 Å². The summed E-state index contributed by atoms with van der Waals surface area (Å²) in [5, 5.41) is 0. The molecular formula is C16H22N2O2. The van der Waals surface area contributed by atoms with E-state index in [0.717, 1.165) is 25.8 Å². The van der Waals surface area contributed by atoms with E-state index in [9.17, 15) is 9.59 Å². The summed E-state index contributed by atoms with van der Waals surface area (Å²) >= 11 is 0. The first-order valence-corrected chi connectivity index (χ1v) is 7.29. The van der Waals surface area contributed by atoms with Crippen molar-refractivity contribution in [3.05, 3.63) is 35.9 Å². The first-order valence-electron chi connectivity index (χ1n) is 7.29. The minimum atomic E-state index is -0.316. The summed E-state index contributed by atoms with van der Waals surface area (Å²) in [6, 6.07) is 8.72. The van der Waals surface area contributed by atoms with Crippen molar-refractivity contribution in [1.82, 2.24) is 4.90 Å². The lowest BCUT2D eigenvalue weighted by Gasteiger charge is -2.38. The molecule has 1 heterocycles. The number of benzene rings is 1. The van der Waals surface area contributed by atoms with Crippen LogP contribution in [0.2, 0.25) is 0 Å². The van der Waals surface area contributed by atoms with Gasteiger partial charge in [-0.25, -0.2) is 0 Å². The third kappa shape index (κ3) is 3.07. The third-order valence-corrected chi connectivity index (χ3v) is 4.02. The number of rotatable bonds is 5. The van der Waals surface area contributed by atoms with Crippen molar-refractivity contribution >= 4 is 11.7 Å². The second-order valence-electron chi connectivity index (χ2n) is 5.31. The van der Waals surface area contributed by atoms with Gasteiger partial charge < -0.3 is 5.73 Å². The highest BCUT2D eigenvalue weighted by Crippen LogP contribution is 2.23. The van der Waals surface area contributed by atoms with E-state index in [1.807, 2.05) is 42.2 Å². The molecule has 0 spiro atoms. The largest absolute Gasteiger partial charge is 0.368 e. The standard InChI is InChI=1S/C16H22N2O2/c1-2-13(15(19)12-8-4-3-5-9-12)18-11-7-6-10-14(18)16(17)20/h3-5,8-9,13-14H,2,6-7,10-11H2,1H3,(H2,17,20). The van der Waals surface area contributed by atoms with Crippen LogP contribution >= 0.6 is 0 Å². The van der Waals surface area contributed by atoms with Gasteiger partial charge in [-0.2, -0.15) is 0 Å². The van der Waals surface area contributed by atoms with Crippen molar-refractivity contribution in [3.63, 3.8) is 0 Å². The first-order chi connectivity index (χ1) is 9.65. The average molecular weight is 274 g/mol. The minimum absolute atomic E-state index is 0.0845. The zero-order chi connectivity index (χ0) is 14.5. The van der Waals surface area contributed by atoms with E-state index in [0.29, 0.717) is 12.0 Å². The Balaban J connectivity index is 2.22. The van der Waals surface area contributed by atoms with Crippen LogP contribution in [-0.2, 0) is 4.79 Å². The molecule has 1 fully saturated rings. The van der Waals surface area contributed by atoms with Gasteiger partial charge in [0.2, 0.25) is 5.91 Å². The smallest absolute Gasteiger partial charge is 0.234 e. The molecule has 0 aliphatic carbocycles. The van der Waals surface area contributed by atoms with Crippen LogP contribution in [0.3, 0.4) is 0 Å². The number of carbonyl (C=O) groups excluding carboxylic acids is 2. The summed E-state index contributed by atoms with van der Waals surface area (Å²) in [5.41, 5.74) is 6.20. The van der Waals surface area contributed by atoms with E-state index in [1.54, 1.807) is 0 Å². The molecule has 2 atom stereocenters. The van der Waals surface area contributed by atoms with Crippen molar-refractivity contribution in [3.8, 4) is 0 Å². The van der Waals surface area contributed by atoms with E-state index in [-0.39, 0.29) is 23.8 Å². The van der Waals surface area contributed by atoms with Crippen LogP contribution in [0.1, 0.15) is 43.0 Å². The van der Waals surface area contributed by atoms with E-state index < -0.39 is 0 Å². The van der Waals surface area contributed by atoms with Gasteiger partial charge in [-0.05, 0) is 25.8 Å². The molecule has 4 nitrogen and oxygen atoms in total. The summed E-state index contributed by atoms with van der Waals surface area (Å²) in [4.78, 5) is 26.3. The number of nitrogens with zero attached hydrogens (tertiary/aromatic N) is 1. The fraction of sp³-hybridized carbons (Fsp3) is 0.500. The van der Waals surface area contributed by atoms with Crippen LogP contribution in [-0.4, -0.2) is 35.2 Å². The Morgan fingerprint density at radius 1 is 1.30 bits per heavy atom. The van der Waals surface area contributed by atoms with Crippen molar-refractivity contribution < 1.29 is 9.59 Å². The lowest BCUT2D eigenvalue weighted by Crippen LogP contribution is -2.54. The Hall–Kier alpha value is -1.68. The number of ketones is 1. The van der Waals surface area contributed by atoms with Crippen LogP contribution in [0.25, 0.3) is 0 Å².